The van der Waals surface area contributed by atoms with Crippen LogP contribution in [0.15, 0.2) is 24.3 Å². The molecule has 0 spiro atoms. The summed E-state index contributed by atoms with van der Waals surface area (Å²) >= 11 is 6.02. The highest BCUT2D eigenvalue weighted by molar-refractivity contribution is 6.33. The highest BCUT2D eigenvalue weighted by Crippen LogP contribution is 2.28. The quantitative estimate of drug-likeness (QED) is 0.575. The van der Waals surface area contributed by atoms with E-state index in [4.69, 9.17) is 22.1 Å². The number of hydrogen-bond donors (Lipinski definition) is 2. The van der Waals surface area contributed by atoms with Gasteiger partial charge >= 0.3 is 0 Å². The molecule has 1 aliphatic rings. The molecule has 8 heteroatoms. The molecule has 2 amide bonds. The average Bonchev–Trinajstić information content (AvgIpc) is 2.77. The van der Waals surface area contributed by atoms with Crippen molar-refractivity contribution >= 4 is 34.8 Å². The van der Waals surface area contributed by atoms with Crippen molar-refractivity contribution in [1.82, 2.24) is 9.80 Å². The van der Waals surface area contributed by atoms with E-state index in [9.17, 15) is 9.59 Å². The van der Waals surface area contributed by atoms with Crippen molar-refractivity contribution < 1.29 is 14.3 Å². The second kappa shape index (κ2) is 11.1. The van der Waals surface area contributed by atoms with Crippen molar-refractivity contribution in [3.63, 3.8) is 0 Å². The zero-order valence-corrected chi connectivity index (χ0v) is 21.5. The fourth-order valence-electron chi connectivity index (χ4n) is 4.49. The van der Waals surface area contributed by atoms with Crippen molar-refractivity contribution in [1.29, 1.82) is 0 Å². The molecule has 2 aromatic carbocycles. The van der Waals surface area contributed by atoms with Crippen LogP contribution in [0.4, 0.5) is 11.4 Å². The highest BCUT2D eigenvalue weighted by atomic mass is 35.5. The molecule has 3 N–H and O–H groups in total. The number of nitrogens with zero attached hydrogens (tertiary/aromatic N) is 2. The molecule has 3 rings (SSSR count). The van der Waals surface area contributed by atoms with Crippen molar-refractivity contribution in [2.45, 2.75) is 46.6 Å². The predicted octanol–water partition coefficient (Wildman–Crippen LogP) is 4.10. The van der Waals surface area contributed by atoms with Gasteiger partial charge in [0, 0.05) is 37.9 Å². The second-order valence-electron chi connectivity index (χ2n) is 9.26. The molecule has 1 heterocycles. The third-order valence-corrected chi connectivity index (χ3v) is 6.78. The van der Waals surface area contributed by atoms with Crippen LogP contribution in [0.3, 0.4) is 0 Å². The van der Waals surface area contributed by atoms with Gasteiger partial charge in [-0.15, -0.1) is 0 Å². The summed E-state index contributed by atoms with van der Waals surface area (Å²) in [6.07, 6.45) is 1.62. The summed E-state index contributed by atoms with van der Waals surface area (Å²) in [6, 6.07) is 7.65. The van der Waals surface area contributed by atoms with Gasteiger partial charge in [-0.1, -0.05) is 29.3 Å². The van der Waals surface area contributed by atoms with E-state index in [1.807, 2.05) is 27.8 Å². The van der Waals surface area contributed by atoms with E-state index in [2.05, 4.69) is 29.3 Å². The number of carbonyl (C=O) groups is 2. The summed E-state index contributed by atoms with van der Waals surface area (Å²) in [5.74, 6) is 0.460. The number of anilines is 2. The minimum atomic E-state index is -0.0885. The molecule has 0 unspecified atom stereocenters. The molecule has 2 aromatic rings. The summed E-state index contributed by atoms with van der Waals surface area (Å²) in [5.41, 5.74) is 11.3. The van der Waals surface area contributed by atoms with Crippen LogP contribution in [0, 0.1) is 27.7 Å². The smallest absolute Gasteiger partial charge is 0.260 e. The van der Waals surface area contributed by atoms with E-state index < -0.39 is 0 Å². The van der Waals surface area contributed by atoms with E-state index in [1.54, 1.807) is 17.0 Å². The van der Waals surface area contributed by atoms with E-state index in [1.165, 1.54) is 5.56 Å². The number of ether oxygens (including phenoxy) is 1. The Morgan fingerprint density at radius 1 is 1.09 bits per heavy atom. The van der Waals surface area contributed by atoms with Crippen LogP contribution in [0.1, 0.15) is 35.1 Å². The molecule has 1 aliphatic heterocycles. The Bertz CT molecular complexity index is 1040. The topological polar surface area (TPSA) is 87.9 Å². The first-order valence-electron chi connectivity index (χ1n) is 11.6. The van der Waals surface area contributed by atoms with E-state index in [-0.39, 0.29) is 24.5 Å². The number of halogens is 1. The van der Waals surface area contributed by atoms with Crippen LogP contribution < -0.4 is 15.8 Å². The Hall–Kier alpha value is -2.77. The van der Waals surface area contributed by atoms with Gasteiger partial charge in [0.15, 0.2) is 6.61 Å². The maximum absolute atomic E-state index is 12.7. The van der Waals surface area contributed by atoms with Gasteiger partial charge in [-0.05, 0) is 63.3 Å². The first-order chi connectivity index (χ1) is 16.0. The summed E-state index contributed by atoms with van der Waals surface area (Å²) < 4.78 is 5.71. The minimum absolute atomic E-state index is 0.0102. The number of rotatable bonds is 7. The SMILES string of the molecule is Cc1cc(C)c(NC(=O)CN2CCC(N(C)C(=O)COc3cc(N)c(Cl)cc3C)CC2)c(C)c1. The Labute approximate surface area is 207 Å². The fourth-order valence-corrected chi connectivity index (χ4v) is 4.71. The Balaban J connectivity index is 1.46. The monoisotopic (exact) mass is 486 g/mol. The number of likely N-dealkylation sites (N-methyl/N-ethyl adjacent to an activating group) is 1. The van der Waals surface area contributed by atoms with E-state index in [0.29, 0.717) is 23.0 Å². The van der Waals surface area contributed by atoms with Crippen molar-refractivity contribution in [3.05, 3.63) is 51.5 Å². The molecule has 34 heavy (non-hydrogen) atoms. The van der Waals surface area contributed by atoms with Crippen LogP contribution in [0.5, 0.6) is 5.75 Å². The van der Waals surface area contributed by atoms with Gasteiger partial charge in [0.1, 0.15) is 5.75 Å². The number of likely N-dealkylation sites (tertiary alicyclic amines) is 1. The third kappa shape index (κ3) is 6.42. The van der Waals surface area contributed by atoms with Gasteiger partial charge in [-0.2, -0.15) is 0 Å². The van der Waals surface area contributed by atoms with Gasteiger partial charge in [0.25, 0.3) is 5.91 Å². The van der Waals surface area contributed by atoms with Crippen LogP contribution in [-0.2, 0) is 9.59 Å². The lowest BCUT2D eigenvalue weighted by molar-refractivity contribution is -0.135. The molecule has 0 atom stereocenters. The number of carbonyl (C=O) groups excluding carboxylic acids is 2. The Kier molecular flexibility index (Phi) is 8.44. The summed E-state index contributed by atoms with van der Waals surface area (Å²) in [5, 5.41) is 3.54. The van der Waals surface area contributed by atoms with Crippen LogP contribution in [-0.4, -0.2) is 60.9 Å². The molecule has 7 nitrogen and oxygen atoms in total. The molecule has 1 fully saturated rings. The van der Waals surface area contributed by atoms with E-state index >= 15 is 0 Å². The van der Waals surface area contributed by atoms with E-state index in [0.717, 1.165) is 48.3 Å². The third-order valence-electron chi connectivity index (χ3n) is 6.45. The number of amides is 2. The Morgan fingerprint density at radius 2 is 1.71 bits per heavy atom. The summed E-state index contributed by atoms with van der Waals surface area (Å²) in [7, 11) is 1.81. The fraction of sp³-hybridized carbons (Fsp3) is 0.462. The number of piperidine rings is 1. The zero-order valence-electron chi connectivity index (χ0n) is 20.7. The number of nitrogen functional groups attached to an aromatic ring is 1. The van der Waals surface area contributed by atoms with Crippen molar-refractivity contribution in [2.24, 2.45) is 0 Å². The maximum Gasteiger partial charge on any atom is 0.260 e. The first-order valence-corrected chi connectivity index (χ1v) is 12.0. The number of hydrogen-bond acceptors (Lipinski definition) is 5. The number of nitrogens with two attached hydrogens (primary N) is 1. The molecule has 1 saturated heterocycles. The van der Waals surface area contributed by atoms with Gasteiger partial charge < -0.3 is 20.7 Å². The number of nitrogens with one attached hydrogen (secondary N) is 1. The maximum atomic E-state index is 12.7. The predicted molar refractivity (Wildman–Crippen MR) is 138 cm³/mol. The van der Waals surface area contributed by atoms with Gasteiger partial charge in [0.2, 0.25) is 5.91 Å². The highest BCUT2D eigenvalue weighted by Gasteiger charge is 2.26. The normalized spacial score (nSPS) is 14.6. The summed E-state index contributed by atoms with van der Waals surface area (Å²) in [4.78, 5) is 29.2. The molecule has 0 bridgehead atoms. The summed E-state index contributed by atoms with van der Waals surface area (Å²) in [6.45, 7) is 9.75. The van der Waals surface area contributed by atoms with Gasteiger partial charge in [-0.25, -0.2) is 0 Å². The molecule has 184 valence electrons. The lowest BCUT2D eigenvalue weighted by atomic mass is 10.0. The average molecular weight is 487 g/mol. The molecular formula is C26H35ClN4O3. The molecular weight excluding hydrogens is 452 g/mol. The van der Waals surface area contributed by atoms with Crippen LogP contribution >= 0.6 is 11.6 Å². The number of aryl methyl sites for hydroxylation is 4. The van der Waals surface area contributed by atoms with Gasteiger partial charge in [0.05, 0.1) is 17.3 Å². The lowest BCUT2D eigenvalue weighted by Crippen LogP contribution is -2.48. The zero-order chi connectivity index (χ0) is 25.0. The largest absolute Gasteiger partial charge is 0.483 e. The molecule has 0 aromatic heterocycles. The molecule has 0 radical (unpaired) electrons. The van der Waals surface area contributed by atoms with Crippen molar-refractivity contribution in [3.8, 4) is 5.75 Å². The first kappa shape index (κ1) is 25.8. The van der Waals surface area contributed by atoms with Crippen LogP contribution in [0.2, 0.25) is 5.02 Å². The van der Waals surface area contributed by atoms with Crippen LogP contribution in [0.25, 0.3) is 0 Å². The number of benzene rings is 2. The minimum Gasteiger partial charge on any atom is -0.483 e. The van der Waals surface area contributed by atoms with Gasteiger partial charge in [-0.3, -0.25) is 14.5 Å². The lowest BCUT2D eigenvalue weighted by Gasteiger charge is -2.36. The molecule has 0 aliphatic carbocycles. The second-order valence-corrected chi connectivity index (χ2v) is 9.67. The Morgan fingerprint density at radius 3 is 2.32 bits per heavy atom. The van der Waals surface area contributed by atoms with Crippen molar-refractivity contribution in [2.75, 3.05) is 44.3 Å². The molecule has 0 saturated carbocycles. The standard InChI is InChI=1S/C26H35ClN4O3/c1-16-10-18(3)26(19(4)11-16)29-24(32)14-31-8-6-20(7-9-31)30(5)25(33)15-34-23-13-22(28)21(27)12-17(23)2/h10-13,20H,6-9,14-15,28H2,1-5H3,(H,29,32).